The first-order valence-electron chi connectivity index (χ1n) is 7.89. The van der Waals surface area contributed by atoms with E-state index in [9.17, 15) is 0 Å². The predicted octanol–water partition coefficient (Wildman–Crippen LogP) is 4.56. The molecule has 1 aliphatic rings. The third-order valence-electron chi connectivity index (χ3n) is 4.27. The highest BCUT2D eigenvalue weighted by atomic mass is 32.2. The van der Waals surface area contributed by atoms with Crippen molar-refractivity contribution < 1.29 is 0 Å². The van der Waals surface area contributed by atoms with Gasteiger partial charge in [0.2, 0.25) is 0 Å². The molecule has 4 heteroatoms. The minimum absolute atomic E-state index is 0.631. The van der Waals surface area contributed by atoms with Gasteiger partial charge < -0.3 is 4.57 Å². The molecule has 0 radical (unpaired) electrons. The Morgan fingerprint density at radius 2 is 1.86 bits per heavy atom. The lowest BCUT2D eigenvalue weighted by Crippen LogP contribution is -2.06. The normalized spacial score (nSPS) is 15.7. The number of rotatable bonds is 5. The monoisotopic (exact) mass is 301 g/mol. The van der Waals surface area contributed by atoms with E-state index >= 15 is 0 Å². The van der Waals surface area contributed by atoms with Crippen LogP contribution in [-0.4, -0.2) is 14.8 Å². The van der Waals surface area contributed by atoms with Crippen molar-refractivity contribution in [3.05, 3.63) is 41.2 Å². The van der Waals surface area contributed by atoms with Crippen LogP contribution in [0.3, 0.4) is 0 Å². The Morgan fingerprint density at radius 1 is 1.14 bits per heavy atom. The van der Waals surface area contributed by atoms with E-state index in [1.54, 1.807) is 11.8 Å². The Kier molecular flexibility index (Phi) is 4.63. The van der Waals surface area contributed by atoms with Crippen LogP contribution in [0.25, 0.3) is 0 Å². The zero-order valence-corrected chi connectivity index (χ0v) is 13.7. The molecule has 1 saturated carbocycles. The third kappa shape index (κ3) is 3.31. The predicted molar refractivity (Wildman–Crippen MR) is 87.6 cm³/mol. The van der Waals surface area contributed by atoms with Gasteiger partial charge in [0.25, 0.3) is 0 Å². The van der Waals surface area contributed by atoms with Gasteiger partial charge in [-0.3, -0.25) is 0 Å². The van der Waals surface area contributed by atoms with E-state index in [0.717, 1.165) is 17.5 Å². The summed E-state index contributed by atoms with van der Waals surface area (Å²) in [6.07, 6.45) is 5.24. The van der Waals surface area contributed by atoms with Crippen LogP contribution in [0.4, 0.5) is 0 Å². The summed E-state index contributed by atoms with van der Waals surface area (Å²) >= 11 is 1.80. The fourth-order valence-electron chi connectivity index (χ4n) is 3.02. The molecule has 0 atom stereocenters. The fraction of sp³-hybridized carbons (Fsp3) is 0.529. The zero-order valence-electron chi connectivity index (χ0n) is 12.9. The van der Waals surface area contributed by atoms with E-state index in [1.165, 1.54) is 42.6 Å². The maximum absolute atomic E-state index is 4.49. The van der Waals surface area contributed by atoms with E-state index in [0.29, 0.717) is 5.92 Å². The molecule has 3 rings (SSSR count). The van der Waals surface area contributed by atoms with Crippen LogP contribution in [0, 0.1) is 6.92 Å². The molecule has 0 saturated heterocycles. The second-order valence-electron chi connectivity index (χ2n) is 5.84. The Labute approximate surface area is 131 Å². The van der Waals surface area contributed by atoms with Crippen LogP contribution >= 0.6 is 11.8 Å². The molecule has 0 N–H and O–H groups in total. The van der Waals surface area contributed by atoms with Gasteiger partial charge >= 0.3 is 0 Å². The molecule has 3 nitrogen and oxygen atoms in total. The minimum Gasteiger partial charge on any atom is -0.306 e. The number of aryl methyl sites for hydroxylation is 1. The average molecular weight is 301 g/mol. The molecule has 0 unspecified atom stereocenters. The molecule has 1 aromatic carbocycles. The van der Waals surface area contributed by atoms with Crippen molar-refractivity contribution in [3.8, 4) is 0 Å². The van der Waals surface area contributed by atoms with Gasteiger partial charge in [-0.15, -0.1) is 10.2 Å². The van der Waals surface area contributed by atoms with E-state index in [2.05, 4.69) is 52.9 Å². The lowest BCUT2D eigenvalue weighted by molar-refractivity contribution is 0.576. The summed E-state index contributed by atoms with van der Waals surface area (Å²) in [4.78, 5) is 0. The van der Waals surface area contributed by atoms with Crippen LogP contribution in [0.1, 0.15) is 55.5 Å². The Balaban J connectivity index is 1.71. The summed E-state index contributed by atoms with van der Waals surface area (Å²) < 4.78 is 2.31. The second kappa shape index (κ2) is 6.65. The van der Waals surface area contributed by atoms with Crippen molar-refractivity contribution in [1.29, 1.82) is 0 Å². The molecule has 1 aromatic heterocycles. The van der Waals surface area contributed by atoms with Gasteiger partial charge in [0.1, 0.15) is 5.82 Å². The van der Waals surface area contributed by atoms with Crippen LogP contribution < -0.4 is 0 Å². The first kappa shape index (κ1) is 14.6. The summed E-state index contributed by atoms with van der Waals surface area (Å²) in [5, 5.41) is 10.00. The third-order valence-corrected chi connectivity index (χ3v) is 5.31. The highest BCUT2D eigenvalue weighted by Crippen LogP contribution is 2.34. The molecule has 0 aliphatic heterocycles. The van der Waals surface area contributed by atoms with Gasteiger partial charge in [-0.2, -0.15) is 0 Å². The molecule has 0 amide bonds. The number of hydrogen-bond donors (Lipinski definition) is 0. The second-order valence-corrected chi connectivity index (χ2v) is 6.78. The smallest absolute Gasteiger partial charge is 0.191 e. The quantitative estimate of drug-likeness (QED) is 0.759. The number of thioether (sulfide) groups is 1. The van der Waals surface area contributed by atoms with Crippen molar-refractivity contribution in [1.82, 2.24) is 14.8 Å². The Morgan fingerprint density at radius 3 is 2.52 bits per heavy atom. The highest BCUT2D eigenvalue weighted by molar-refractivity contribution is 7.98. The van der Waals surface area contributed by atoms with Crippen molar-refractivity contribution in [2.45, 2.75) is 62.9 Å². The summed E-state index contributed by atoms with van der Waals surface area (Å²) in [7, 11) is 0. The maximum atomic E-state index is 4.49. The van der Waals surface area contributed by atoms with Crippen LogP contribution in [0.5, 0.6) is 0 Å². The largest absolute Gasteiger partial charge is 0.306 e. The summed E-state index contributed by atoms with van der Waals surface area (Å²) in [5.41, 5.74) is 2.66. The highest BCUT2D eigenvalue weighted by Gasteiger charge is 2.23. The lowest BCUT2D eigenvalue weighted by atomic mass is 10.1. The van der Waals surface area contributed by atoms with Crippen molar-refractivity contribution in [2.75, 3.05) is 0 Å². The topological polar surface area (TPSA) is 30.7 Å². The first-order chi connectivity index (χ1) is 10.3. The van der Waals surface area contributed by atoms with Crippen molar-refractivity contribution in [2.24, 2.45) is 0 Å². The molecular weight excluding hydrogens is 278 g/mol. The number of aromatic nitrogens is 3. The SMILES string of the molecule is CCn1c(SCc2ccc(C)cc2)nnc1C1CCCC1. The van der Waals surface area contributed by atoms with Gasteiger partial charge in [-0.1, -0.05) is 54.4 Å². The van der Waals surface area contributed by atoms with Gasteiger partial charge in [-0.25, -0.2) is 0 Å². The standard InChI is InChI=1S/C17H23N3S/c1-3-20-16(15-6-4-5-7-15)18-19-17(20)21-12-14-10-8-13(2)9-11-14/h8-11,15H,3-7,12H2,1-2H3. The summed E-state index contributed by atoms with van der Waals surface area (Å²) in [5.74, 6) is 2.80. The van der Waals surface area contributed by atoms with Crippen LogP contribution in [0.15, 0.2) is 29.4 Å². The summed E-state index contributed by atoms with van der Waals surface area (Å²) in [6, 6.07) is 8.74. The molecule has 1 heterocycles. The Bertz CT molecular complexity index is 583. The lowest BCUT2D eigenvalue weighted by Gasteiger charge is -2.11. The molecule has 0 spiro atoms. The fourth-order valence-corrected chi connectivity index (χ4v) is 3.99. The molecule has 1 fully saturated rings. The van der Waals surface area contributed by atoms with Crippen molar-refractivity contribution >= 4 is 11.8 Å². The average Bonchev–Trinajstić information content (AvgIpc) is 3.15. The maximum Gasteiger partial charge on any atom is 0.191 e. The van der Waals surface area contributed by atoms with E-state index in [-0.39, 0.29) is 0 Å². The Hall–Kier alpha value is -1.29. The number of benzene rings is 1. The molecule has 2 aromatic rings. The van der Waals surface area contributed by atoms with Gasteiger partial charge in [0, 0.05) is 18.2 Å². The zero-order chi connectivity index (χ0) is 14.7. The van der Waals surface area contributed by atoms with Gasteiger partial charge in [0.15, 0.2) is 5.16 Å². The van der Waals surface area contributed by atoms with Gasteiger partial charge in [-0.05, 0) is 32.3 Å². The molecule has 0 bridgehead atoms. The van der Waals surface area contributed by atoms with Crippen LogP contribution in [0.2, 0.25) is 0 Å². The minimum atomic E-state index is 0.631. The first-order valence-corrected chi connectivity index (χ1v) is 8.88. The van der Waals surface area contributed by atoms with E-state index < -0.39 is 0 Å². The van der Waals surface area contributed by atoms with Crippen LogP contribution in [-0.2, 0) is 12.3 Å². The van der Waals surface area contributed by atoms with Crippen molar-refractivity contribution in [3.63, 3.8) is 0 Å². The van der Waals surface area contributed by atoms with E-state index in [4.69, 9.17) is 0 Å². The molecular formula is C17H23N3S. The van der Waals surface area contributed by atoms with E-state index in [1.807, 2.05) is 0 Å². The molecule has 21 heavy (non-hydrogen) atoms. The number of hydrogen-bond acceptors (Lipinski definition) is 3. The van der Waals surface area contributed by atoms with Gasteiger partial charge in [0.05, 0.1) is 0 Å². The molecule has 112 valence electrons. The molecule has 1 aliphatic carbocycles. The summed E-state index contributed by atoms with van der Waals surface area (Å²) in [6.45, 7) is 5.28. The number of nitrogens with zero attached hydrogens (tertiary/aromatic N) is 3.